The quantitative estimate of drug-likeness (QED) is 0.639. The zero-order chi connectivity index (χ0) is 15.0. The fraction of sp³-hybridized carbons (Fsp3) is 0.308. The Morgan fingerprint density at radius 3 is 2.35 bits per heavy atom. The average Bonchev–Trinajstić information content (AvgIpc) is 2.41. The predicted octanol–water partition coefficient (Wildman–Crippen LogP) is 0.500. The Kier molecular flexibility index (Phi) is 6.02. The average molecular weight is 281 g/mol. The van der Waals surface area contributed by atoms with Crippen molar-refractivity contribution >= 4 is 17.8 Å². The molecule has 0 saturated heterocycles. The van der Waals surface area contributed by atoms with Gasteiger partial charge in [-0.25, -0.2) is 4.79 Å². The van der Waals surface area contributed by atoms with E-state index in [0.29, 0.717) is 5.75 Å². The highest BCUT2D eigenvalue weighted by Crippen LogP contribution is 2.07. The number of nitrogens with one attached hydrogen (secondary N) is 1. The first-order valence-electron chi connectivity index (χ1n) is 5.91. The zero-order valence-corrected chi connectivity index (χ0v) is 10.6. The van der Waals surface area contributed by atoms with Crippen LogP contribution < -0.4 is 10.1 Å². The second kappa shape index (κ2) is 7.78. The first-order valence-corrected chi connectivity index (χ1v) is 5.91. The van der Waals surface area contributed by atoms with Crippen LogP contribution in [0.15, 0.2) is 30.3 Å². The molecule has 0 aliphatic carbocycles. The number of rotatable bonds is 8. The van der Waals surface area contributed by atoms with Gasteiger partial charge in [0, 0.05) is 6.42 Å². The van der Waals surface area contributed by atoms with Crippen molar-refractivity contribution in [3.63, 3.8) is 0 Å². The number of para-hydroxylation sites is 1. The number of aliphatic carboxylic acids is 2. The molecular weight excluding hydrogens is 266 g/mol. The number of hydrogen-bond acceptors (Lipinski definition) is 4. The van der Waals surface area contributed by atoms with Gasteiger partial charge in [0.05, 0.1) is 0 Å². The van der Waals surface area contributed by atoms with E-state index < -0.39 is 23.9 Å². The number of carboxylic acids is 2. The molecule has 1 rings (SSSR count). The maximum absolute atomic E-state index is 11.5. The minimum Gasteiger partial charge on any atom is -0.484 e. The third-order valence-corrected chi connectivity index (χ3v) is 2.39. The van der Waals surface area contributed by atoms with E-state index >= 15 is 0 Å². The molecule has 1 atom stereocenters. The number of hydrogen-bond donors (Lipinski definition) is 3. The zero-order valence-electron chi connectivity index (χ0n) is 10.6. The maximum atomic E-state index is 11.5. The van der Waals surface area contributed by atoms with Crippen molar-refractivity contribution in [2.45, 2.75) is 18.9 Å². The lowest BCUT2D eigenvalue weighted by atomic mass is 10.1. The van der Waals surface area contributed by atoms with Gasteiger partial charge in [0.15, 0.2) is 6.61 Å². The summed E-state index contributed by atoms with van der Waals surface area (Å²) in [6.07, 6.45) is -0.515. The third-order valence-electron chi connectivity index (χ3n) is 2.39. The molecule has 0 fully saturated rings. The molecule has 0 saturated carbocycles. The van der Waals surface area contributed by atoms with Gasteiger partial charge in [0.2, 0.25) is 0 Å². The van der Waals surface area contributed by atoms with E-state index in [-0.39, 0.29) is 19.4 Å². The maximum Gasteiger partial charge on any atom is 0.326 e. The molecule has 1 amide bonds. The summed E-state index contributed by atoms with van der Waals surface area (Å²) in [5.74, 6) is -2.53. The highest BCUT2D eigenvalue weighted by atomic mass is 16.5. The first kappa shape index (κ1) is 15.5. The van der Waals surface area contributed by atoms with Crippen molar-refractivity contribution in [2.75, 3.05) is 6.61 Å². The van der Waals surface area contributed by atoms with Gasteiger partial charge in [-0.05, 0) is 18.6 Å². The summed E-state index contributed by atoms with van der Waals surface area (Å²) < 4.78 is 5.15. The lowest BCUT2D eigenvalue weighted by Gasteiger charge is -2.13. The molecule has 0 aliphatic rings. The molecule has 7 nitrogen and oxygen atoms in total. The van der Waals surface area contributed by atoms with Gasteiger partial charge in [-0.3, -0.25) is 9.59 Å². The van der Waals surface area contributed by atoms with Crippen LogP contribution in [0.3, 0.4) is 0 Å². The van der Waals surface area contributed by atoms with Crippen LogP contribution in [-0.2, 0) is 14.4 Å². The second-order valence-electron chi connectivity index (χ2n) is 3.99. The van der Waals surface area contributed by atoms with Gasteiger partial charge in [0.25, 0.3) is 5.91 Å². The molecular formula is C13H15NO6. The normalized spacial score (nSPS) is 11.4. The molecule has 1 aromatic carbocycles. The number of carbonyl (C=O) groups excluding carboxylic acids is 1. The Bertz CT molecular complexity index is 473. The van der Waals surface area contributed by atoms with Crippen molar-refractivity contribution in [2.24, 2.45) is 0 Å². The van der Waals surface area contributed by atoms with E-state index in [0.717, 1.165) is 0 Å². The summed E-state index contributed by atoms with van der Waals surface area (Å²) in [5, 5.41) is 19.6. The first-order chi connectivity index (χ1) is 9.49. The molecule has 7 heteroatoms. The summed E-state index contributed by atoms with van der Waals surface area (Å²) >= 11 is 0. The van der Waals surface area contributed by atoms with E-state index in [1.807, 2.05) is 0 Å². The van der Waals surface area contributed by atoms with Crippen LogP contribution in [0.5, 0.6) is 5.75 Å². The Morgan fingerprint density at radius 2 is 1.80 bits per heavy atom. The Labute approximate surface area is 115 Å². The molecule has 3 N–H and O–H groups in total. The van der Waals surface area contributed by atoms with Gasteiger partial charge in [-0.1, -0.05) is 18.2 Å². The molecule has 0 heterocycles. The van der Waals surface area contributed by atoms with E-state index in [1.165, 1.54) is 0 Å². The molecule has 108 valence electrons. The monoisotopic (exact) mass is 281 g/mol. The topological polar surface area (TPSA) is 113 Å². The predicted molar refractivity (Wildman–Crippen MR) is 68.4 cm³/mol. The van der Waals surface area contributed by atoms with E-state index in [4.69, 9.17) is 14.9 Å². The molecule has 0 bridgehead atoms. The fourth-order valence-corrected chi connectivity index (χ4v) is 1.43. The highest BCUT2D eigenvalue weighted by Gasteiger charge is 2.20. The van der Waals surface area contributed by atoms with Crippen molar-refractivity contribution in [1.82, 2.24) is 5.32 Å². The lowest BCUT2D eigenvalue weighted by molar-refractivity contribution is -0.143. The van der Waals surface area contributed by atoms with Crippen LogP contribution in [0.2, 0.25) is 0 Å². The molecule has 20 heavy (non-hydrogen) atoms. The minimum absolute atomic E-state index is 0.179. The Morgan fingerprint density at radius 1 is 1.15 bits per heavy atom. The summed E-state index contributed by atoms with van der Waals surface area (Å²) in [5.41, 5.74) is 0. The minimum atomic E-state index is -1.28. The van der Waals surface area contributed by atoms with Gasteiger partial charge in [0.1, 0.15) is 11.8 Å². The largest absolute Gasteiger partial charge is 0.484 e. The number of carbonyl (C=O) groups is 3. The standard InChI is InChI=1S/C13H15NO6/c15-11(8-20-9-4-2-1-3-5-9)14-10(13(18)19)6-7-12(16)17/h1-5,10H,6-8H2,(H,14,15)(H,16,17)(H,18,19)/t10-/m0/s1. The molecule has 0 radical (unpaired) electrons. The second-order valence-corrected chi connectivity index (χ2v) is 3.99. The van der Waals surface area contributed by atoms with E-state index in [9.17, 15) is 14.4 Å². The molecule has 0 aromatic heterocycles. The van der Waals surface area contributed by atoms with Gasteiger partial charge in [-0.15, -0.1) is 0 Å². The van der Waals surface area contributed by atoms with E-state index in [2.05, 4.69) is 5.32 Å². The number of ether oxygens (including phenoxy) is 1. The fourth-order valence-electron chi connectivity index (χ4n) is 1.43. The summed E-state index contributed by atoms with van der Waals surface area (Å²) in [4.78, 5) is 32.8. The third kappa shape index (κ3) is 5.85. The SMILES string of the molecule is O=C(O)CC[C@H](NC(=O)COc1ccccc1)C(=O)O. The summed E-state index contributed by atoms with van der Waals surface area (Å²) in [7, 11) is 0. The van der Waals surface area contributed by atoms with Gasteiger partial charge < -0.3 is 20.3 Å². The van der Waals surface area contributed by atoms with Crippen molar-refractivity contribution in [3.05, 3.63) is 30.3 Å². The highest BCUT2D eigenvalue weighted by molar-refractivity contribution is 5.84. The Hall–Kier alpha value is -2.57. The van der Waals surface area contributed by atoms with Gasteiger partial charge in [-0.2, -0.15) is 0 Å². The summed E-state index contributed by atoms with van der Waals surface area (Å²) in [6.45, 7) is -0.332. The van der Waals surface area contributed by atoms with Crippen LogP contribution in [-0.4, -0.2) is 40.7 Å². The Balaban J connectivity index is 2.41. The summed E-state index contributed by atoms with van der Waals surface area (Å²) in [6, 6.07) is 7.34. The van der Waals surface area contributed by atoms with Crippen molar-refractivity contribution in [3.8, 4) is 5.75 Å². The molecule has 0 spiro atoms. The van der Waals surface area contributed by atoms with Crippen LogP contribution in [0, 0.1) is 0 Å². The van der Waals surface area contributed by atoms with Gasteiger partial charge >= 0.3 is 11.9 Å². The van der Waals surface area contributed by atoms with Crippen LogP contribution in [0.4, 0.5) is 0 Å². The number of amides is 1. The molecule has 0 unspecified atom stereocenters. The smallest absolute Gasteiger partial charge is 0.326 e. The molecule has 0 aliphatic heterocycles. The van der Waals surface area contributed by atoms with Crippen molar-refractivity contribution < 1.29 is 29.3 Å². The van der Waals surface area contributed by atoms with Crippen LogP contribution in [0.1, 0.15) is 12.8 Å². The lowest BCUT2D eigenvalue weighted by Crippen LogP contribution is -2.43. The number of carboxylic acid groups (broad SMARTS) is 2. The van der Waals surface area contributed by atoms with Crippen molar-refractivity contribution in [1.29, 1.82) is 0 Å². The molecule has 1 aromatic rings. The van der Waals surface area contributed by atoms with Crippen LogP contribution in [0.25, 0.3) is 0 Å². The van der Waals surface area contributed by atoms with Crippen LogP contribution >= 0.6 is 0 Å². The number of benzene rings is 1. The van der Waals surface area contributed by atoms with E-state index in [1.54, 1.807) is 30.3 Å².